The number of unbranched alkanes of at least 4 members (excludes halogenated alkanes) is 1. The molecular formula is C36H66BrN3O10. The lowest BCUT2D eigenvalue weighted by atomic mass is 10.1. The van der Waals surface area contributed by atoms with E-state index in [2.05, 4.69) is 15.9 Å². The summed E-state index contributed by atoms with van der Waals surface area (Å²) in [6.45, 7) is 23.4. The van der Waals surface area contributed by atoms with Gasteiger partial charge in [0.25, 0.3) is 0 Å². The van der Waals surface area contributed by atoms with Crippen molar-refractivity contribution in [1.82, 2.24) is 14.7 Å². The third kappa shape index (κ3) is 25.6. The molecule has 0 aliphatic carbocycles. The van der Waals surface area contributed by atoms with Crippen molar-refractivity contribution in [3.63, 3.8) is 0 Å². The van der Waals surface area contributed by atoms with Crippen LogP contribution in [0, 0.1) is 0 Å². The van der Waals surface area contributed by atoms with Gasteiger partial charge in [-0.1, -0.05) is 22.4 Å². The van der Waals surface area contributed by atoms with E-state index >= 15 is 0 Å². The Kier molecular flexibility index (Phi) is 20.9. The predicted molar refractivity (Wildman–Crippen MR) is 196 cm³/mol. The number of alkyl halides is 1. The van der Waals surface area contributed by atoms with Crippen LogP contribution >= 0.6 is 15.9 Å². The lowest BCUT2D eigenvalue weighted by molar-refractivity contribution is -0.166. The van der Waals surface area contributed by atoms with Gasteiger partial charge in [-0.15, -0.1) is 0 Å². The minimum atomic E-state index is -0.749. The summed E-state index contributed by atoms with van der Waals surface area (Å²) in [6, 6.07) is -0.749. The Balaban J connectivity index is 6.40. The van der Waals surface area contributed by atoms with Crippen molar-refractivity contribution >= 4 is 45.8 Å². The molecule has 50 heavy (non-hydrogen) atoms. The van der Waals surface area contributed by atoms with Crippen LogP contribution in [0.3, 0.4) is 0 Å². The van der Waals surface area contributed by atoms with Crippen LogP contribution in [0.5, 0.6) is 0 Å². The molecule has 1 atom stereocenters. The van der Waals surface area contributed by atoms with Crippen LogP contribution in [-0.4, -0.2) is 137 Å². The van der Waals surface area contributed by atoms with E-state index in [4.69, 9.17) is 23.7 Å². The predicted octanol–water partition coefficient (Wildman–Crippen LogP) is 4.76. The smallest absolute Gasteiger partial charge is 0.323 e. The van der Waals surface area contributed by atoms with E-state index < -0.39 is 58.3 Å². The van der Waals surface area contributed by atoms with Crippen LogP contribution in [-0.2, 0) is 47.7 Å². The molecule has 0 aliphatic rings. The van der Waals surface area contributed by atoms with Gasteiger partial charge in [-0.25, -0.2) is 0 Å². The fraction of sp³-hybridized carbons (Fsp3) is 0.861. The molecule has 0 saturated carbocycles. The third-order valence-electron chi connectivity index (χ3n) is 6.37. The molecule has 0 N–H and O–H groups in total. The minimum absolute atomic E-state index is 0.0957. The van der Waals surface area contributed by atoms with Crippen molar-refractivity contribution in [3.05, 3.63) is 0 Å². The molecule has 0 rings (SSSR count). The van der Waals surface area contributed by atoms with Gasteiger partial charge in [0, 0.05) is 31.5 Å². The SMILES string of the molecule is CCOC(=O)CN(CCN(CC(=O)OC(C)(C)C)CC(=O)OC(C)(C)C)CCN(CC(=O)OC(C)(C)C)C(CCCCBr)C(=O)OC(C)(C)C. The third-order valence-corrected chi connectivity index (χ3v) is 6.93. The van der Waals surface area contributed by atoms with E-state index in [0.717, 1.165) is 11.8 Å². The standard InChI is InChI=1S/C36H66BrN3O10/c1-14-46-28(41)23-38(19-20-39(24-29(42)47-33(2,3)4)25-30(43)48-34(5,6)7)21-22-40(26-31(44)49-35(8,9)10)27(17-15-16-18-37)32(45)50-36(11,12)13/h27H,14-26H2,1-13H3. The number of esters is 5. The molecule has 0 heterocycles. The van der Waals surface area contributed by atoms with E-state index in [0.29, 0.717) is 12.8 Å². The van der Waals surface area contributed by atoms with E-state index in [1.54, 1.807) is 99.8 Å². The summed E-state index contributed by atoms with van der Waals surface area (Å²) in [4.78, 5) is 70.2. The molecule has 0 fully saturated rings. The maximum atomic E-state index is 13.6. The topological polar surface area (TPSA) is 141 Å². The Labute approximate surface area is 309 Å². The summed E-state index contributed by atoms with van der Waals surface area (Å²) >= 11 is 3.45. The number of carbonyl (C=O) groups is 5. The number of halogens is 1. The monoisotopic (exact) mass is 779 g/mol. The summed E-state index contributed by atoms with van der Waals surface area (Å²) in [5.74, 6) is -2.42. The van der Waals surface area contributed by atoms with Crippen LogP contribution < -0.4 is 0 Å². The quantitative estimate of drug-likeness (QED) is 0.0685. The number of hydrogen-bond donors (Lipinski definition) is 0. The first-order chi connectivity index (χ1) is 22.7. The van der Waals surface area contributed by atoms with Crippen molar-refractivity contribution < 1.29 is 47.7 Å². The van der Waals surface area contributed by atoms with E-state index in [-0.39, 0.29) is 59.0 Å². The molecular weight excluding hydrogens is 714 g/mol. The number of hydrogen-bond acceptors (Lipinski definition) is 13. The molecule has 0 aromatic rings. The molecule has 13 nitrogen and oxygen atoms in total. The van der Waals surface area contributed by atoms with Crippen LogP contribution in [0.4, 0.5) is 0 Å². The van der Waals surface area contributed by atoms with Crippen molar-refractivity contribution in [3.8, 4) is 0 Å². The number of ether oxygens (including phenoxy) is 5. The van der Waals surface area contributed by atoms with Crippen molar-refractivity contribution in [2.24, 2.45) is 0 Å². The second-order valence-corrected chi connectivity index (χ2v) is 17.0. The highest BCUT2D eigenvalue weighted by atomic mass is 79.9. The highest BCUT2D eigenvalue weighted by molar-refractivity contribution is 9.09. The molecule has 0 amide bonds. The van der Waals surface area contributed by atoms with E-state index in [1.807, 2.05) is 4.90 Å². The molecule has 0 saturated heterocycles. The minimum Gasteiger partial charge on any atom is -0.465 e. The molecule has 1 unspecified atom stereocenters. The van der Waals surface area contributed by atoms with Crippen LogP contribution in [0.1, 0.15) is 109 Å². The fourth-order valence-corrected chi connectivity index (χ4v) is 5.07. The zero-order valence-corrected chi connectivity index (χ0v) is 34.7. The Morgan fingerprint density at radius 3 is 1.36 bits per heavy atom. The molecule has 14 heteroatoms. The zero-order valence-electron chi connectivity index (χ0n) is 33.1. The van der Waals surface area contributed by atoms with Crippen LogP contribution in [0.25, 0.3) is 0 Å². The van der Waals surface area contributed by atoms with Gasteiger partial charge in [-0.3, -0.25) is 38.7 Å². The van der Waals surface area contributed by atoms with Crippen LogP contribution in [0.15, 0.2) is 0 Å². The Bertz CT molecular complexity index is 1040. The normalized spacial score (nSPS) is 13.3. The largest absolute Gasteiger partial charge is 0.465 e. The maximum absolute atomic E-state index is 13.6. The average molecular weight is 781 g/mol. The first-order valence-corrected chi connectivity index (χ1v) is 18.6. The fourth-order valence-electron chi connectivity index (χ4n) is 4.67. The molecule has 0 aliphatic heterocycles. The van der Waals surface area contributed by atoms with E-state index in [9.17, 15) is 24.0 Å². The van der Waals surface area contributed by atoms with Gasteiger partial charge in [0.2, 0.25) is 0 Å². The van der Waals surface area contributed by atoms with Crippen molar-refractivity contribution in [2.75, 3.05) is 64.3 Å². The van der Waals surface area contributed by atoms with Gasteiger partial charge in [0.15, 0.2) is 0 Å². The first-order valence-electron chi connectivity index (χ1n) is 17.5. The summed E-state index contributed by atoms with van der Waals surface area (Å²) in [5.41, 5.74) is -2.92. The lowest BCUT2D eigenvalue weighted by Gasteiger charge is -2.34. The molecule has 0 aromatic carbocycles. The summed E-state index contributed by atoms with van der Waals surface area (Å²) in [5, 5.41) is 0.760. The lowest BCUT2D eigenvalue weighted by Crippen LogP contribution is -2.51. The molecule has 0 aromatic heterocycles. The highest BCUT2D eigenvalue weighted by Crippen LogP contribution is 2.18. The van der Waals surface area contributed by atoms with Gasteiger partial charge in [0.05, 0.1) is 32.8 Å². The highest BCUT2D eigenvalue weighted by Gasteiger charge is 2.33. The number of rotatable bonds is 21. The molecule has 0 bridgehead atoms. The summed E-state index contributed by atoms with van der Waals surface area (Å²) in [7, 11) is 0. The van der Waals surface area contributed by atoms with Gasteiger partial charge in [0.1, 0.15) is 28.4 Å². The summed E-state index contributed by atoms with van der Waals surface area (Å²) in [6.07, 6.45) is 1.97. The van der Waals surface area contributed by atoms with E-state index in [1.165, 1.54) is 0 Å². The van der Waals surface area contributed by atoms with Crippen molar-refractivity contribution in [1.29, 1.82) is 0 Å². The second kappa shape index (κ2) is 21.9. The average Bonchev–Trinajstić information content (AvgIpc) is 2.87. The van der Waals surface area contributed by atoms with Gasteiger partial charge in [-0.05, 0) is 103 Å². The first kappa shape index (κ1) is 47.7. The Morgan fingerprint density at radius 1 is 0.540 bits per heavy atom. The Hall–Kier alpha value is -2.29. The zero-order chi connectivity index (χ0) is 38.9. The van der Waals surface area contributed by atoms with Crippen molar-refractivity contribution in [2.45, 2.75) is 138 Å². The molecule has 0 spiro atoms. The van der Waals surface area contributed by atoms with Crippen LogP contribution in [0.2, 0.25) is 0 Å². The van der Waals surface area contributed by atoms with Gasteiger partial charge in [-0.2, -0.15) is 0 Å². The number of nitrogens with zero attached hydrogens (tertiary/aromatic N) is 3. The second-order valence-electron chi connectivity index (χ2n) is 16.3. The summed E-state index contributed by atoms with van der Waals surface area (Å²) < 4.78 is 27.7. The van der Waals surface area contributed by atoms with Gasteiger partial charge < -0.3 is 23.7 Å². The Morgan fingerprint density at radius 2 is 0.940 bits per heavy atom. The molecule has 292 valence electrons. The maximum Gasteiger partial charge on any atom is 0.323 e. The van der Waals surface area contributed by atoms with Gasteiger partial charge >= 0.3 is 29.8 Å². The number of carbonyl (C=O) groups excluding carboxylic acids is 5. The molecule has 0 radical (unpaired) electrons.